The van der Waals surface area contributed by atoms with E-state index >= 15 is 0 Å². The third-order valence-corrected chi connectivity index (χ3v) is 6.09. The molecule has 0 saturated carbocycles. The molecule has 2 saturated heterocycles. The number of hydrogen-bond donors (Lipinski definition) is 1. The fraction of sp³-hybridized carbons (Fsp3) is 0.458. The van der Waals surface area contributed by atoms with Gasteiger partial charge in [0, 0.05) is 50.4 Å². The number of aliphatic hydroxyl groups is 1. The van der Waals surface area contributed by atoms with E-state index in [1.807, 2.05) is 30.3 Å². The normalized spacial score (nSPS) is 19.2. The van der Waals surface area contributed by atoms with Crippen molar-refractivity contribution >= 4 is 23.9 Å². The molecule has 2 aliphatic heterocycles. The van der Waals surface area contributed by atoms with E-state index in [9.17, 15) is 9.90 Å². The summed E-state index contributed by atoms with van der Waals surface area (Å²) in [7, 11) is 0. The number of benzene rings is 2. The highest BCUT2D eigenvalue weighted by atomic mass is 35.5. The van der Waals surface area contributed by atoms with Crippen LogP contribution in [0.1, 0.15) is 35.2 Å². The second-order valence-electron chi connectivity index (χ2n) is 8.23. The number of anilines is 1. The lowest BCUT2D eigenvalue weighted by atomic mass is 9.85. The Balaban J connectivity index is 0.00000256. The van der Waals surface area contributed by atoms with Crippen LogP contribution in [-0.4, -0.2) is 60.8 Å². The SMILES string of the molecule is Cl.O=C(CC1(O)CCN(Cc2ccccc2)CC1)c1ccc(N2CCOCC2)cc1. The molecule has 5 nitrogen and oxygen atoms in total. The monoisotopic (exact) mass is 430 g/mol. The third-order valence-electron chi connectivity index (χ3n) is 6.09. The predicted octanol–water partition coefficient (Wildman–Crippen LogP) is 3.54. The molecule has 0 radical (unpaired) electrons. The van der Waals surface area contributed by atoms with Crippen LogP contribution >= 0.6 is 12.4 Å². The Hall–Kier alpha value is -1.92. The lowest BCUT2D eigenvalue weighted by Gasteiger charge is -2.38. The fourth-order valence-corrected chi connectivity index (χ4v) is 4.23. The van der Waals surface area contributed by atoms with Crippen LogP contribution in [0.15, 0.2) is 54.6 Å². The van der Waals surface area contributed by atoms with Crippen LogP contribution in [0.2, 0.25) is 0 Å². The van der Waals surface area contributed by atoms with Gasteiger partial charge in [-0.25, -0.2) is 0 Å². The van der Waals surface area contributed by atoms with E-state index in [4.69, 9.17) is 4.74 Å². The van der Waals surface area contributed by atoms with Crippen molar-refractivity contribution in [1.29, 1.82) is 0 Å². The number of carbonyl (C=O) groups is 1. The molecule has 0 aliphatic carbocycles. The maximum atomic E-state index is 12.8. The summed E-state index contributed by atoms with van der Waals surface area (Å²) in [6.07, 6.45) is 1.47. The summed E-state index contributed by atoms with van der Waals surface area (Å²) < 4.78 is 5.39. The molecule has 0 atom stereocenters. The van der Waals surface area contributed by atoms with Gasteiger partial charge in [0.25, 0.3) is 0 Å². The highest BCUT2D eigenvalue weighted by molar-refractivity contribution is 5.97. The van der Waals surface area contributed by atoms with Crippen LogP contribution in [0, 0.1) is 0 Å². The topological polar surface area (TPSA) is 53.0 Å². The van der Waals surface area contributed by atoms with Crippen molar-refractivity contribution in [3.8, 4) is 0 Å². The largest absolute Gasteiger partial charge is 0.389 e. The summed E-state index contributed by atoms with van der Waals surface area (Å²) in [5.74, 6) is 0.0255. The Morgan fingerprint density at radius 3 is 2.20 bits per heavy atom. The molecule has 30 heavy (non-hydrogen) atoms. The zero-order valence-corrected chi connectivity index (χ0v) is 18.2. The van der Waals surface area contributed by atoms with Crippen LogP contribution < -0.4 is 4.90 Å². The zero-order chi connectivity index (χ0) is 20.1. The molecule has 2 aromatic carbocycles. The van der Waals surface area contributed by atoms with Crippen LogP contribution in [-0.2, 0) is 11.3 Å². The van der Waals surface area contributed by atoms with Gasteiger partial charge < -0.3 is 14.7 Å². The van der Waals surface area contributed by atoms with Crippen molar-refractivity contribution in [2.75, 3.05) is 44.3 Å². The molecule has 2 aliphatic rings. The number of morpholine rings is 1. The van der Waals surface area contributed by atoms with Crippen LogP contribution in [0.25, 0.3) is 0 Å². The van der Waals surface area contributed by atoms with Crippen molar-refractivity contribution in [2.45, 2.75) is 31.4 Å². The molecule has 0 spiro atoms. The number of rotatable bonds is 6. The van der Waals surface area contributed by atoms with Gasteiger partial charge in [-0.2, -0.15) is 0 Å². The van der Waals surface area contributed by atoms with Gasteiger partial charge in [0.2, 0.25) is 0 Å². The minimum absolute atomic E-state index is 0. The predicted molar refractivity (Wildman–Crippen MR) is 122 cm³/mol. The van der Waals surface area contributed by atoms with Gasteiger partial charge in [0.15, 0.2) is 5.78 Å². The van der Waals surface area contributed by atoms with Crippen molar-refractivity contribution in [2.24, 2.45) is 0 Å². The number of likely N-dealkylation sites (tertiary alicyclic amines) is 1. The Bertz CT molecular complexity index is 799. The van der Waals surface area contributed by atoms with Gasteiger partial charge >= 0.3 is 0 Å². The Morgan fingerprint density at radius 1 is 0.933 bits per heavy atom. The van der Waals surface area contributed by atoms with Crippen LogP contribution in [0.4, 0.5) is 5.69 Å². The van der Waals surface area contributed by atoms with Gasteiger partial charge in [0.1, 0.15) is 0 Å². The molecule has 162 valence electrons. The number of carbonyl (C=O) groups excluding carboxylic acids is 1. The molecular weight excluding hydrogens is 400 g/mol. The van der Waals surface area contributed by atoms with Crippen molar-refractivity contribution in [3.05, 3.63) is 65.7 Å². The second kappa shape index (κ2) is 10.4. The number of Topliss-reactive ketones (excluding diaryl/α,β-unsaturated/α-hetero) is 1. The average molecular weight is 431 g/mol. The summed E-state index contributed by atoms with van der Waals surface area (Å²) in [5.41, 5.74) is 2.20. The number of hydrogen-bond acceptors (Lipinski definition) is 5. The number of nitrogens with zero attached hydrogens (tertiary/aromatic N) is 2. The number of ketones is 1. The first-order valence-corrected chi connectivity index (χ1v) is 10.6. The standard InChI is InChI=1S/C24H30N2O3.ClH/c27-23(21-6-8-22(9-7-21)26-14-16-29-17-15-26)18-24(28)10-12-25(13-11-24)19-20-4-2-1-3-5-20;/h1-9,28H,10-19H2;1H. The molecule has 4 rings (SSSR count). The first-order chi connectivity index (χ1) is 14.1. The first kappa shape index (κ1) is 22.8. The van der Waals surface area contributed by atoms with E-state index < -0.39 is 5.60 Å². The molecular formula is C24H31ClN2O3. The van der Waals surface area contributed by atoms with E-state index in [0.717, 1.165) is 51.6 Å². The highest BCUT2D eigenvalue weighted by Gasteiger charge is 2.34. The summed E-state index contributed by atoms with van der Waals surface area (Å²) in [6.45, 7) is 5.78. The lowest BCUT2D eigenvalue weighted by Crippen LogP contribution is -2.45. The maximum Gasteiger partial charge on any atom is 0.165 e. The first-order valence-electron chi connectivity index (χ1n) is 10.6. The Kier molecular flexibility index (Phi) is 7.89. The highest BCUT2D eigenvalue weighted by Crippen LogP contribution is 2.28. The van der Waals surface area contributed by atoms with Crippen LogP contribution in [0.5, 0.6) is 0 Å². The summed E-state index contributed by atoms with van der Waals surface area (Å²) >= 11 is 0. The minimum Gasteiger partial charge on any atom is -0.389 e. The summed E-state index contributed by atoms with van der Waals surface area (Å²) in [5, 5.41) is 11.0. The smallest absolute Gasteiger partial charge is 0.165 e. The molecule has 2 heterocycles. The number of ether oxygens (including phenoxy) is 1. The summed E-state index contributed by atoms with van der Waals surface area (Å²) in [6, 6.07) is 18.2. The molecule has 2 fully saturated rings. The molecule has 0 aromatic heterocycles. The molecule has 1 N–H and O–H groups in total. The van der Waals surface area contributed by atoms with Gasteiger partial charge in [-0.15, -0.1) is 12.4 Å². The van der Waals surface area contributed by atoms with Crippen molar-refractivity contribution in [3.63, 3.8) is 0 Å². The van der Waals surface area contributed by atoms with E-state index in [1.54, 1.807) is 0 Å². The van der Waals surface area contributed by atoms with E-state index in [0.29, 0.717) is 18.4 Å². The van der Waals surface area contributed by atoms with E-state index in [2.05, 4.69) is 34.1 Å². The quantitative estimate of drug-likeness (QED) is 0.710. The zero-order valence-electron chi connectivity index (χ0n) is 17.3. The van der Waals surface area contributed by atoms with Gasteiger partial charge in [-0.3, -0.25) is 9.69 Å². The Labute approximate surface area is 185 Å². The Morgan fingerprint density at radius 2 is 1.57 bits per heavy atom. The average Bonchev–Trinajstić information content (AvgIpc) is 2.77. The van der Waals surface area contributed by atoms with Crippen molar-refractivity contribution < 1.29 is 14.6 Å². The van der Waals surface area contributed by atoms with Crippen LogP contribution in [0.3, 0.4) is 0 Å². The van der Waals surface area contributed by atoms with E-state index in [1.165, 1.54) is 5.56 Å². The maximum absolute atomic E-state index is 12.8. The van der Waals surface area contributed by atoms with E-state index in [-0.39, 0.29) is 24.6 Å². The molecule has 0 unspecified atom stereocenters. The summed E-state index contributed by atoms with van der Waals surface area (Å²) in [4.78, 5) is 17.4. The molecule has 0 bridgehead atoms. The van der Waals surface area contributed by atoms with Crippen molar-refractivity contribution in [1.82, 2.24) is 4.90 Å². The number of halogens is 1. The lowest BCUT2D eigenvalue weighted by molar-refractivity contribution is -0.0241. The third kappa shape index (κ3) is 5.82. The number of piperidine rings is 1. The second-order valence-corrected chi connectivity index (χ2v) is 8.23. The van der Waals surface area contributed by atoms with Gasteiger partial charge in [-0.1, -0.05) is 30.3 Å². The fourth-order valence-electron chi connectivity index (χ4n) is 4.23. The molecule has 6 heteroatoms. The molecule has 2 aromatic rings. The van der Waals surface area contributed by atoms with Gasteiger partial charge in [0.05, 0.1) is 18.8 Å². The minimum atomic E-state index is -0.896. The molecule has 0 amide bonds. The van der Waals surface area contributed by atoms with Gasteiger partial charge in [-0.05, 0) is 42.7 Å².